The molecule has 4 rings (SSSR count). The van der Waals surface area contributed by atoms with Gasteiger partial charge in [0.1, 0.15) is 11.6 Å². The first kappa shape index (κ1) is 18.7. The maximum Gasteiger partial charge on any atom is 0.451 e. The summed E-state index contributed by atoms with van der Waals surface area (Å²) in [6, 6.07) is 10.4. The smallest absolute Gasteiger partial charge is 0.451 e. The van der Waals surface area contributed by atoms with Crippen molar-refractivity contribution in [3.05, 3.63) is 54.2 Å². The molecule has 8 heteroatoms. The molecule has 0 spiro atoms. The van der Waals surface area contributed by atoms with Gasteiger partial charge < -0.3 is 9.73 Å². The van der Waals surface area contributed by atoms with Crippen molar-refractivity contribution in [3.63, 3.8) is 0 Å². The summed E-state index contributed by atoms with van der Waals surface area (Å²) >= 11 is 0. The van der Waals surface area contributed by atoms with Gasteiger partial charge in [0.05, 0.1) is 17.8 Å². The zero-order valence-corrected chi connectivity index (χ0v) is 15.2. The Bertz CT molecular complexity index is 921. The summed E-state index contributed by atoms with van der Waals surface area (Å²) in [5.41, 5.74) is 0.264. The lowest BCUT2D eigenvalue weighted by atomic mass is 10.1. The third-order valence-electron chi connectivity index (χ3n) is 5.02. The molecule has 0 aliphatic carbocycles. The van der Waals surface area contributed by atoms with Gasteiger partial charge in [-0.25, -0.2) is 9.97 Å². The number of nitrogens with zero attached hydrogens (tertiary/aromatic N) is 3. The maximum atomic E-state index is 13.2. The van der Waals surface area contributed by atoms with E-state index >= 15 is 0 Å². The van der Waals surface area contributed by atoms with Gasteiger partial charge in [-0.2, -0.15) is 13.2 Å². The van der Waals surface area contributed by atoms with Crippen LogP contribution < -0.4 is 5.32 Å². The third-order valence-corrected chi connectivity index (χ3v) is 5.02. The molecule has 1 saturated heterocycles. The summed E-state index contributed by atoms with van der Waals surface area (Å²) in [7, 11) is 0. The first-order valence-corrected chi connectivity index (χ1v) is 9.38. The minimum atomic E-state index is -4.60. The second-order valence-electron chi connectivity index (χ2n) is 6.92. The quantitative estimate of drug-likeness (QED) is 0.673. The minimum absolute atomic E-state index is 0.0710. The molecule has 28 heavy (non-hydrogen) atoms. The van der Waals surface area contributed by atoms with Gasteiger partial charge in [-0.1, -0.05) is 18.6 Å². The van der Waals surface area contributed by atoms with E-state index in [2.05, 4.69) is 20.2 Å². The number of halogens is 3. The second kappa shape index (κ2) is 7.79. The molecule has 0 unspecified atom stereocenters. The standard InChI is InChI=1S/C20H21F3N4O/c21-20(22,23)19-25-15-8-3-2-7-14(15)18(26-19)24-13-16(17-9-6-12-28-17)27-10-4-1-5-11-27/h2-3,6-9,12,16H,1,4-5,10-11,13H2,(H,24,25,26)/t16-/m1/s1. The molecule has 1 aromatic carbocycles. The Labute approximate surface area is 160 Å². The van der Waals surface area contributed by atoms with Gasteiger partial charge in [0.2, 0.25) is 5.82 Å². The van der Waals surface area contributed by atoms with Gasteiger partial charge in [-0.15, -0.1) is 0 Å². The number of benzene rings is 1. The van der Waals surface area contributed by atoms with Crippen LogP contribution in [0.15, 0.2) is 47.1 Å². The molecular formula is C20H21F3N4O. The minimum Gasteiger partial charge on any atom is -0.468 e. The molecule has 1 atom stereocenters. The van der Waals surface area contributed by atoms with E-state index in [1.807, 2.05) is 12.1 Å². The molecule has 2 aromatic heterocycles. The average Bonchev–Trinajstić information content (AvgIpc) is 3.22. The Kier molecular flexibility index (Phi) is 5.21. The van der Waals surface area contributed by atoms with Crippen LogP contribution in [0, 0.1) is 0 Å². The predicted octanol–water partition coefficient (Wildman–Crippen LogP) is 4.88. The Hall–Kier alpha value is -2.61. The Balaban J connectivity index is 1.64. The van der Waals surface area contributed by atoms with Gasteiger partial charge in [0, 0.05) is 11.9 Å². The molecule has 3 heterocycles. The number of hydrogen-bond donors (Lipinski definition) is 1. The SMILES string of the molecule is FC(F)(F)c1nc(NC[C@H](c2ccco2)N2CCCCC2)c2ccccc2n1. The van der Waals surface area contributed by atoms with Crippen molar-refractivity contribution in [3.8, 4) is 0 Å². The number of para-hydroxylation sites is 1. The van der Waals surface area contributed by atoms with Gasteiger partial charge in [-0.05, 0) is 50.2 Å². The van der Waals surface area contributed by atoms with E-state index in [9.17, 15) is 13.2 Å². The third kappa shape index (κ3) is 3.96. The first-order valence-electron chi connectivity index (χ1n) is 9.38. The van der Waals surface area contributed by atoms with Crippen LogP contribution in [0.5, 0.6) is 0 Å². The fourth-order valence-corrected chi connectivity index (χ4v) is 3.65. The molecule has 0 radical (unpaired) electrons. The number of alkyl halides is 3. The van der Waals surface area contributed by atoms with Crippen LogP contribution in [0.1, 0.15) is 36.9 Å². The number of aromatic nitrogens is 2. The molecule has 0 bridgehead atoms. The number of nitrogens with one attached hydrogen (secondary N) is 1. The van der Waals surface area contributed by atoms with E-state index in [0.717, 1.165) is 31.7 Å². The number of likely N-dealkylation sites (tertiary alicyclic amines) is 1. The van der Waals surface area contributed by atoms with Crippen molar-refractivity contribution in [1.29, 1.82) is 0 Å². The second-order valence-corrected chi connectivity index (χ2v) is 6.92. The van der Waals surface area contributed by atoms with Crippen LogP contribution in [-0.4, -0.2) is 34.5 Å². The maximum absolute atomic E-state index is 13.2. The molecule has 148 valence electrons. The summed E-state index contributed by atoms with van der Waals surface area (Å²) in [5.74, 6) is -0.156. The van der Waals surface area contributed by atoms with Crippen molar-refractivity contribution in [2.24, 2.45) is 0 Å². The summed E-state index contributed by atoms with van der Waals surface area (Å²) in [5, 5.41) is 3.70. The van der Waals surface area contributed by atoms with Crippen LogP contribution in [0.3, 0.4) is 0 Å². The van der Waals surface area contributed by atoms with Crippen molar-refractivity contribution in [2.45, 2.75) is 31.5 Å². The molecule has 1 aliphatic rings. The zero-order chi connectivity index (χ0) is 19.6. The summed E-state index contributed by atoms with van der Waals surface area (Å²) < 4.78 is 45.3. The monoisotopic (exact) mass is 390 g/mol. The number of fused-ring (bicyclic) bond motifs is 1. The molecule has 1 aliphatic heterocycles. The molecular weight excluding hydrogens is 369 g/mol. The first-order chi connectivity index (χ1) is 13.5. The highest BCUT2D eigenvalue weighted by Gasteiger charge is 2.35. The summed E-state index contributed by atoms with van der Waals surface area (Å²) in [4.78, 5) is 9.75. The van der Waals surface area contributed by atoms with Crippen LogP contribution in [0.4, 0.5) is 19.0 Å². The van der Waals surface area contributed by atoms with Gasteiger partial charge in [0.15, 0.2) is 0 Å². The fraction of sp³-hybridized carbons (Fsp3) is 0.400. The molecule has 0 amide bonds. The van der Waals surface area contributed by atoms with Crippen LogP contribution in [0.25, 0.3) is 10.9 Å². The topological polar surface area (TPSA) is 54.2 Å². The van der Waals surface area contributed by atoms with E-state index in [-0.39, 0.29) is 17.4 Å². The highest BCUT2D eigenvalue weighted by Crippen LogP contribution is 2.31. The Morgan fingerprint density at radius 2 is 1.82 bits per heavy atom. The number of furan rings is 1. The van der Waals surface area contributed by atoms with Crippen LogP contribution >= 0.6 is 0 Å². The Morgan fingerprint density at radius 3 is 2.54 bits per heavy atom. The van der Waals surface area contributed by atoms with E-state index in [1.54, 1.807) is 30.5 Å². The molecule has 1 fully saturated rings. The number of hydrogen-bond acceptors (Lipinski definition) is 5. The van der Waals surface area contributed by atoms with Crippen molar-refractivity contribution < 1.29 is 17.6 Å². The van der Waals surface area contributed by atoms with Gasteiger partial charge in [-0.3, -0.25) is 4.90 Å². The average molecular weight is 390 g/mol. The predicted molar refractivity (Wildman–Crippen MR) is 99.9 cm³/mol. The summed E-state index contributed by atoms with van der Waals surface area (Å²) in [6.45, 7) is 2.27. The highest BCUT2D eigenvalue weighted by atomic mass is 19.4. The van der Waals surface area contributed by atoms with Crippen molar-refractivity contribution in [1.82, 2.24) is 14.9 Å². The molecule has 1 N–H and O–H groups in total. The zero-order valence-electron chi connectivity index (χ0n) is 15.2. The van der Waals surface area contributed by atoms with E-state index in [0.29, 0.717) is 11.9 Å². The molecule has 3 aromatic rings. The largest absolute Gasteiger partial charge is 0.468 e. The van der Waals surface area contributed by atoms with Crippen LogP contribution in [0.2, 0.25) is 0 Å². The van der Waals surface area contributed by atoms with Gasteiger partial charge in [0.25, 0.3) is 0 Å². The molecule has 5 nitrogen and oxygen atoms in total. The van der Waals surface area contributed by atoms with Crippen molar-refractivity contribution in [2.75, 3.05) is 25.0 Å². The van der Waals surface area contributed by atoms with E-state index in [4.69, 9.17) is 4.42 Å². The van der Waals surface area contributed by atoms with Gasteiger partial charge >= 0.3 is 6.18 Å². The highest BCUT2D eigenvalue weighted by molar-refractivity contribution is 5.89. The van der Waals surface area contributed by atoms with Crippen LogP contribution in [-0.2, 0) is 6.18 Å². The lowest BCUT2D eigenvalue weighted by Gasteiger charge is -2.33. The lowest BCUT2D eigenvalue weighted by molar-refractivity contribution is -0.144. The normalized spacial score (nSPS) is 17.0. The number of anilines is 1. The summed E-state index contributed by atoms with van der Waals surface area (Å²) in [6.07, 6.45) is 0.417. The Morgan fingerprint density at radius 1 is 1.04 bits per heavy atom. The van der Waals surface area contributed by atoms with E-state index in [1.165, 1.54) is 6.42 Å². The van der Waals surface area contributed by atoms with E-state index < -0.39 is 12.0 Å². The molecule has 0 saturated carbocycles. The van der Waals surface area contributed by atoms with Crippen molar-refractivity contribution >= 4 is 16.7 Å². The number of piperidine rings is 1. The fourth-order valence-electron chi connectivity index (χ4n) is 3.65. The number of rotatable bonds is 5. The lowest BCUT2D eigenvalue weighted by Crippen LogP contribution is -2.37.